The Labute approximate surface area is 134 Å². The van der Waals surface area contributed by atoms with E-state index >= 15 is 0 Å². The Morgan fingerprint density at radius 2 is 1.91 bits per heavy atom. The highest BCUT2D eigenvalue weighted by atomic mass is 16.6. The molecule has 1 unspecified atom stereocenters. The maximum absolute atomic E-state index is 11.8. The Morgan fingerprint density at radius 3 is 2.50 bits per heavy atom. The van der Waals surface area contributed by atoms with Crippen LogP contribution in [0.1, 0.15) is 45.6 Å². The Kier molecular flexibility index (Phi) is 7.39. The summed E-state index contributed by atoms with van der Waals surface area (Å²) in [6, 6.07) is 10.5. The zero-order valence-corrected chi connectivity index (χ0v) is 14.6. The number of hydrogen-bond acceptors (Lipinski definition) is 3. The van der Waals surface area contributed by atoms with Gasteiger partial charge in [0.1, 0.15) is 5.60 Å². The number of ether oxygens (including phenoxy) is 1. The fourth-order valence-electron chi connectivity index (χ4n) is 2.09. The van der Waals surface area contributed by atoms with E-state index in [9.17, 15) is 4.79 Å². The lowest BCUT2D eigenvalue weighted by Gasteiger charge is -2.24. The molecule has 0 radical (unpaired) electrons. The number of nitrogens with one attached hydrogen (secondary N) is 1. The fraction of sp³-hybridized carbons (Fsp3) is 0.611. The third kappa shape index (κ3) is 7.46. The molecule has 0 aliphatic carbocycles. The van der Waals surface area contributed by atoms with Crippen molar-refractivity contribution in [3.8, 4) is 0 Å². The Balaban J connectivity index is 2.16. The first-order valence-corrected chi connectivity index (χ1v) is 7.99. The highest BCUT2D eigenvalue weighted by Gasteiger charge is 2.19. The summed E-state index contributed by atoms with van der Waals surface area (Å²) in [4.78, 5) is 13.4. The van der Waals surface area contributed by atoms with Gasteiger partial charge in [-0.25, -0.2) is 4.79 Å². The summed E-state index contributed by atoms with van der Waals surface area (Å²) in [7, 11) is 1.78. The lowest BCUT2D eigenvalue weighted by Crippen LogP contribution is -2.35. The van der Waals surface area contributed by atoms with Gasteiger partial charge in [-0.15, -0.1) is 0 Å². The largest absolute Gasteiger partial charge is 0.444 e. The Morgan fingerprint density at radius 1 is 1.27 bits per heavy atom. The zero-order chi connectivity index (χ0) is 16.6. The molecule has 22 heavy (non-hydrogen) atoms. The van der Waals surface area contributed by atoms with Gasteiger partial charge in [0.25, 0.3) is 0 Å². The first-order chi connectivity index (χ1) is 10.3. The molecule has 1 aromatic rings. The second-order valence-electron chi connectivity index (χ2n) is 6.77. The molecule has 0 aliphatic rings. The van der Waals surface area contributed by atoms with Crippen molar-refractivity contribution in [3.05, 3.63) is 35.9 Å². The van der Waals surface area contributed by atoms with Crippen LogP contribution in [0, 0.1) is 0 Å². The van der Waals surface area contributed by atoms with Crippen LogP contribution in [0.4, 0.5) is 4.79 Å². The predicted molar refractivity (Wildman–Crippen MR) is 91.2 cm³/mol. The van der Waals surface area contributed by atoms with E-state index in [-0.39, 0.29) is 6.09 Å². The average molecular weight is 306 g/mol. The maximum Gasteiger partial charge on any atom is 0.410 e. The summed E-state index contributed by atoms with van der Waals surface area (Å²) >= 11 is 0. The lowest BCUT2D eigenvalue weighted by molar-refractivity contribution is 0.0297. The first kappa shape index (κ1) is 18.5. The van der Waals surface area contributed by atoms with Crippen LogP contribution in [0.3, 0.4) is 0 Å². The molecule has 1 aromatic carbocycles. The van der Waals surface area contributed by atoms with E-state index in [4.69, 9.17) is 4.74 Å². The quantitative estimate of drug-likeness (QED) is 0.782. The molecule has 1 atom stereocenters. The third-order valence-corrected chi connectivity index (χ3v) is 3.37. The highest BCUT2D eigenvalue weighted by Crippen LogP contribution is 2.13. The predicted octanol–water partition coefficient (Wildman–Crippen LogP) is 3.64. The molecule has 0 saturated heterocycles. The summed E-state index contributed by atoms with van der Waals surface area (Å²) < 4.78 is 5.32. The molecule has 0 bridgehead atoms. The average Bonchev–Trinajstić information content (AvgIpc) is 2.45. The minimum atomic E-state index is -0.436. The van der Waals surface area contributed by atoms with E-state index < -0.39 is 5.60 Å². The molecule has 1 amide bonds. The van der Waals surface area contributed by atoms with Gasteiger partial charge in [0.15, 0.2) is 0 Å². The third-order valence-electron chi connectivity index (χ3n) is 3.37. The van der Waals surface area contributed by atoms with Crippen LogP contribution in [-0.4, -0.2) is 43.3 Å². The minimum absolute atomic E-state index is 0.259. The van der Waals surface area contributed by atoms with E-state index in [1.54, 1.807) is 11.9 Å². The van der Waals surface area contributed by atoms with Crippen molar-refractivity contribution >= 4 is 6.09 Å². The lowest BCUT2D eigenvalue weighted by atomic mass is 10.0. The second-order valence-corrected chi connectivity index (χ2v) is 6.77. The van der Waals surface area contributed by atoms with Gasteiger partial charge in [-0.1, -0.05) is 37.3 Å². The summed E-state index contributed by atoms with van der Waals surface area (Å²) in [5, 5.41) is 3.45. The number of benzene rings is 1. The van der Waals surface area contributed by atoms with E-state index in [1.165, 1.54) is 5.56 Å². The van der Waals surface area contributed by atoms with Crippen molar-refractivity contribution in [1.82, 2.24) is 10.2 Å². The molecule has 1 rings (SSSR count). The van der Waals surface area contributed by atoms with Gasteiger partial charge < -0.3 is 15.0 Å². The fourth-order valence-corrected chi connectivity index (χ4v) is 2.09. The molecular weight excluding hydrogens is 276 g/mol. The molecule has 4 heteroatoms. The van der Waals surface area contributed by atoms with Crippen LogP contribution < -0.4 is 5.32 Å². The van der Waals surface area contributed by atoms with Gasteiger partial charge in [-0.3, -0.25) is 0 Å². The SMILES string of the molecule is CC(CNCCCN(C)C(=O)OC(C)(C)C)c1ccccc1. The van der Waals surface area contributed by atoms with Crippen molar-refractivity contribution in [1.29, 1.82) is 0 Å². The number of amides is 1. The minimum Gasteiger partial charge on any atom is -0.444 e. The van der Waals surface area contributed by atoms with Crippen LogP contribution >= 0.6 is 0 Å². The summed E-state index contributed by atoms with van der Waals surface area (Å²) in [6.07, 6.45) is 0.655. The molecule has 0 heterocycles. The normalized spacial score (nSPS) is 12.8. The van der Waals surface area contributed by atoms with Crippen LogP contribution in [-0.2, 0) is 4.74 Å². The van der Waals surface area contributed by atoms with Crippen molar-refractivity contribution in [2.24, 2.45) is 0 Å². The van der Waals surface area contributed by atoms with E-state index in [1.807, 2.05) is 26.8 Å². The smallest absolute Gasteiger partial charge is 0.410 e. The molecule has 124 valence electrons. The molecular formula is C18H30N2O2. The summed E-state index contributed by atoms with van der Waals surface area (Å²) in [6.45, 7) is 10.4. The van der Waals surface area contributed by atoms with Crippen molar-refractivity contribution < 1.29 is 9.53 Å². The van der Waals surface area contributed by atoms with Crippen molar-refractivity contribution in [2.45, 2.75) is 45.6 Å². The highest BCUT2D eigenvalue weighted by molar-refractivity contribution is 5.67. The Hall–Kier alpha value is -1.55. The van der Waals surface area contributed by atoms with Gasteiger partial charge in [0, 0.05) is 20.1 Å². The molecule has 0 aliphatic heterocycles. The monoisotopic (exact) mass is 306 g/mol. The number of hydrogen-bond donors (Lipinski definition) is 1. The number of nitrogens with zero attached hydrogens (tertiary/aromatic N) is 1. The number of carbonyl (C=O) groups excluding carboxylic acids is 1. The van der Waals surface area contributed by atoms with Crippen molar-refractivity contribution in [3.63, 3.8) is 0 Å². The Bertz CT molecular complexity index is 440. The topological polar surface area (TPSA) is 41.6 Å². The first-order valence-electron chi connectivity index (χ1n) is 7.99. The molecule has 1 N–H and O–H groups in total. The molecule has 0 spiro atoms. The van der Waals surface area contributed by atoms with Crippen molar-refractivity contribution in [2.75, 3.05) is 26.7 Å². The maximum atomic E-state index is 11.8. The van der Waals surface area contributed by atoms with E-state index in [0.29, 0.717) is 12.5 Å². The van der Waals surface area contributed by atoms with Gasteiger partial charge in [-0.2, -0.15) is 0 Å². The van der Waals surface area contributed by atoms with Gasteiger partial charge >= 0.3 is 6.09 Å². The van der Waals surface area contributed by atoms with Crippen LogP contribution in [0.5, 0.6) is 0 Å². The van der Waals surface area contributed by atoms with E-state index in [0.717, 1.165) is 19.5 Å². The molecule has 0 aromatic heterocycles. The second kappa shape index (κ2) is 8.79. The summed E-state index contributed by atoms with van der Waals surface area (Å²) in [5.74, 6) is 0.491. The molecule has 4 nitrogen and oxygen atoms in total. The van der Waals surface area contributed by atoms with Crippen LogP contribution in [0.15, 0.2) is 30.3 Å². The summed E-state index contributed by atoms with van der Waals surface area (Å²) in [5.41, 5.74) is 0.912. The van der Waals surface area contributed by atoms with Gasteiger partial charge in [0.05, 0.1) is 0 Å². The number of rotatable bonds is 7. The van der Waals surface area contributed by atoms with Gasteiger partial charge in [0.2, 0.25) is 0 Å². The van der Waals surface area contributed by atoms with E-state index in [2.05, 4.69) is 36.5 Å². The standard InChI is InChI=1S/C18H30N2O2/c1-15(16-10-7-6-8-11-16)14-19-12-9-13-20(5)17(21)22-18(2,3)4/h6-8,10-11,15,19H,9,12-14H2,1-5H3. The zero-order valence-electron chi connectivity index (χ0n) is 14.6. The van der Waals surface area contributed by atoms with Crippen LogP contribution in [0.2, 0.25) is 0 Å². The van der Waals surface area contributed by atoms with Gasteiger partial charge in [-0.05, 0) is 45.2 Å². The number of carbonyl (C=O) groups is 1. The molecule has 0 fully saturated rings. The van der Waals surface area contributed by atoms with Crippen LogP contribution in [0.25, 0.3) is 0 Å². The molecule has 0 saturated carbocycles.